The van der Waals surface area contributed by atoms with Crippen LogP contribution < -0.4 is 0 Å². The molecule has 4 nitrogen and oxygen atoms in total. The number of aliphatic hydroxyl groups is 1. The Kier molecular flexibility index (Phi) is 2.38. The Hall–Kier alpha value is -1.16. The molecule has 1 aromatic heterocycles. The molecule has 0 aliphatic rings. The van der Waals surface area contributed by atoms with Crippen LogP contribution in [-0.4, -0.2) is 16.4 Å². The average Bonchev–Trinajstić information content (AvgIpc) is 2.50. The molecule has 0 saturated heterocycles. The lowest BCUT2D eigenvalue weighted by Gasteiger charge is -1.92. The molecule has 1 atom stereocenters. The third-order valence-corrected chi connectivity index (χ3v) is 1.38. The summed E-state index contributed by atoms with van der Waals surface area (Å²) in [5.74, 6) is -0.0206. The first-order valence-electron chi connectivity index (χ1n) is 3.28. The summed E-state index contributed by atoms with van der Waals surface area (Å²) in [6.45, 7) is 1.48. The van der Waals surface area contributed by atoms with Crippen LogP contribution >= 0.6 is 0 Å². The summed E-state index contributed by atoms with van der Waals surface area (Å²) in [7, 11) is 0. The molecule has 11 heavy (non-hydrogen) atoms. The Morgan fingerprint density at radius 2 is 2.64 bits per heavy atom. The van der Waals surface area contributed by atoms with Gasteiger partial charge in [0, 0.05) is 0 Å². The molecule has 0 spiro atoms. The smallest absolute Gasteiger partial charge is 0.219 e. The molecule has 0 saturated carbocycles. The lowest BCUT2D eigenvalue weighted by atomic mass is 10.1. The highest BCUT2D eigenvalue weighted by Gasteiger charge is 2.08. The highest BCUT2D eigenvalue weighted by atomic mass is 16.4. The SMILES string of the molecule is CC(C=O)c1coc(CO)n1. The van der Waals surface area contributed by atoms with Crippen LogP contribution in [0.25, 0.3) is 0 Å². The maximum Gasteiger partial charge on any atom is 0.219 e. The van der Waals surface area contributed by atoms with Crippen LogP contribution in [0.4, 0.5) is 0 Å². The molecular weight excluding hydrogens is 146 g/mol. The number of hydrogen-bond acceptors (Lipinski definition) is 4. The van der Waals surface area contributed by atoms with Gasteiger partial charge in [-0.1, -0.05) is 6.92 Å². The van der Waals surface area contributed by atoms with Gasteiger partial charge in [-0.3, -0.25) is 0 Å². The number of nitrogens with zero attached hydrogens (tertiary/aromatic N) is 1. The summed E-state index contributed by atoms with van der Waals surface area (Å²) in [5.41, 5.74) is 0.559. The van der Waals surface area contributed by atoms with E-state index in [1.54, 1.807) is 6.92 Å². The lowest BCUT2D eigenvalue weighted by Crippen LogP contribution is -1.94. The number of carbonyl (C=O) groups excluding carboxylic acids is 1. The van der Waals surface area contributed by atoms with Gasteiger partial charge in [-0.2, -0.15) is 0 Å². The van der Waals surface area contributed by atoms with Crippen LogP contribution in [0.1, 0.15) is 24.4 Å². The molecule has 0 aliphatic heterocycles. The highest BCUT2D eigenvalue weighted by Crippen LogP contribution is 2.11. The van der Waals surface area contributed by atoms with Crippen molar-refractivity contribution in [3.8, 4) is 0 Å². The van der Waals surface area contributed by atoms with Crippen molar-refractivity contribution in [2.24, 2.45) is 0 Å². The summed E-state index contributed by atoms with van der Waals surface area (Å²) in [4.78, 5) is 14.1. The largest absolute Gasteiger partial charge is 0.446 e. The van der Waals surface area contributed by atoms with Crippen molar-refractivity contribution in [1.82, 2.24) is 4.98 Å². The van der Waals surface area contributed by atoms with E-state index in [9.17, 15) is 4.79 Å². The number of hydrogen-bond donors (Lipinski definition) is 1. The maximum atomic E-state index is 10.3. The summed E-state index contributed by atoms with van der Waals surface area (Å²) >= 11 is 0. The third-order valence-electron chi connectivity index (χ3n) is 1.38. The predicted molar refractivity (Wildman–Crippen MR) is 36.9 cm³/mol. The van der Waals surface area contributed by atoms with Crippen LogP contribution in [0.2, 0.25) is 0 Å². The fourth-order valence-electron chi connectivity index (χ4n) is 0.677. The predicted octanol–water partition coefficient (Wildman–Crippen LogP) is 0.469. The minimum Gasteiger partial charge on any atom is -0.446 e. The van der Waals surface area contributed by atoms with Gasteiger partial charge in [0.2, 0.25) is 5.89 Å². The number of aliphatic hydroxyl groups excluding tert-OH is 1. The molecule has 1 N–H and O–H groups in total. The van der Waals surface area contributed by atoms with Gasteiger partial charge >= 0.3 is 0 Å². The molecule has 1 heterocycles. The molecule has 0 radical (unpaired) electrons. The fourth-order valence-corrected chi connectivity index (χ4v) is 0.677. The Balaban J connectivity index is 2.79. The summed E-state index contributed by atoms with van der Waals surface area (Å²) in [6.07, 6.45) is 2.16. The quantitative estimate of drug-likeness (QED) is 0.644. The first-order chi connectivity index (χ1) is 5.27. The van der Waals surface area contributed by atoms with Gasteiger partial charge in [-0.05, 0) is 0 Å². The molecule has 1 aromatic rings. The average molecular weight is 155 g/mol. The van der Waals surface area contributed by atoms with E-state index in [1.165, 1.54) is 6.26 Å². The second kappa shape index (κ2) is 3.30. The summed E-state index contributed by atoms with van der Waals surface area (Å²) in [6, 6.07) is 0. The van der Waals surface area contributed by atoms with Crippen molar-refractivity contribution in [1.29, 1.82) is 0 Å². The Labute approximate surface area is 63.9 Å². The minimum atomic E-state index is -0.265. The van der Waals surface area contributed by atoms with Gasteiger partial charge in [0.25, 0.3) is 0 Å². The van der Waals surface area contributed by atoms with Crippen LogP contribution in [0.3, 0.4) is 0 Å². The zero-order valence-electron chi connectivity index (χ0n) is 6.15. The van der Waals surface area contributed by atoms with Crippen LogP contribution in [0.5, 0.6) is 0 Å². The molecule has 4 heteroatoms. The van der Waals surface area contributed by atoms with Gasteiger partial charge in [-0.15, -0.1) is 0 Å². The van der Waals surface area contributed by atoms with E-state index >= 15 is 0 Å². The standard InChI is InChI=1S/C7H9NO3/c1-5(2-9)6-4-11-7(3-10)8-6/h2,4-5,10H,3H2,1H3. The number of rotatable bonds is 3. The first-order valence-corrected chi connectivity index (χ1v) is 3.28. The van der Waals surface area contributed by atoms with Crippen molar-refractivity contribution in [2.45, 2.75) is 19.4 Å². The van der Waals surface area contributed by atoms with Crippen molar-refractivity contribution < 1.29 is 14.3 Å². The second-order valence-electron chi connectivity index (χ2n) is 2.25. The van der Waals surface area contributed by atoms with Crippen molar-refractivity contribution in [3.05, 3.63) is 17.8 Å². The van der Waals surface area contributed by atoms with Crippen molar-refractivity contribution in [3.63, 3.8) is 0 Å². The summed E-state index contributed by atoms with van der Waals surface area (Å²) in [5, 5.41) is 8.56. The highest BCUT2D eigenvalue weighted by molar-refractivity contribution is 5.59. The molecular formula is C7H9NO3. The van der Waals surface area contributed by atoms with Crippen LogP contribution in [0, 0.1) is 0 Å². The van der Waals surface area contributed by atoms with Gasteiger partial charge in [0.1, 0.15) is 19.2 Å². The topological polar surface area (TPSA) is 63.3 Å². The minimum absolute atomic E-state index is 0.231. The monoisotopic (exact) mass is 155 g/mol. The fraction of sp³-hybridized carbons (Fsp3) is 0.429. The van der Waals surface area contributed by atoms with Crippen LogP contribution in [-0.2, 0) is 11.4 Å². The number of oxazole rings is 1. The van der Waals surface area contributed by atoms with Gasteiger partial charge < -0.3 is 14.3 Å². The normalized spacial score (nSPS) is 12.9. The number of carbonyl (C=O) groups is 1. The Morgan fingerprint density at radius 1 is 1.91 bits per heavy atom. The van der Waals surface area contributed by atoms with E-state index in [-0.39, 0.29) is 18.4 Å². The van der Waals surface area contributed by atoms with E-state index in [0.29, 0.717) is 5.69 Å². The first kappa shape index (κ1) is 7.94. The molecule has 1 unspecified atom stereocenters. The molecule has 0 aromatic carbocycles. The van der Waals surface area contributed by atoms with Gasteiger partial charge in [-0.25, -0.2) is 4.98 Å². The maximum absolute atomic E-state index is 10.3. The van der Waals surface area contributed by atoms with Gasteiger partial charge in [0.15, 0.2) is 0 Å². The number of aromatic nitrogens is 1. The molecule has 60 valence electrons. The van der Waals surface area contributed by atoms with Gasteiger partial charge in [0.05, 0.1) is 11.6 Å². The van der Waals surface area contributed by atoms with E-state index in [1.807, 2.05) is 0 Å². The van der Waals surface area contributed by atoms with E-state index in [2.05, 4.69) is 4.98 Å². The summed E-state index contributed by atoms with van der Waals surface area (Å²) < 4.78 is 4.82. The number of aldehydes is 1. The van der Waals surface area contributed by atoms with Crippen LogP contribution in [0.15, 0.2) is 10.7 Å². The van der Waals surface area contributed by atoms with E-state index in [4.69, 9.17) is 9.52 Å². The molecule has 0 bridgehead atoms. The second-order valence-corrected chi connectivity index (χ2v) is 2.25. The molecule has 1 rings (SSSR count). The lowest BCUT2D eigenvalue weighted by molar-refractivity contribution is -0.108. The molecule has 0 aliphatic carbocycles. The van der Waals surface area contributed by atoms with Crippen molar-refractivity contribution >= 4 is 6.29 Å². The Bertz CT molecular complexity index is 244. The van der Waals surface area contributed by atoms with E-state index in [0.717, 1.165) is 6.29 Å². The zero-order valence-corrected chi connectivity index (χ0v) is 6.15. The van der Waals surface area contributed by atoms with E-state index < -0.39 is 0 Å². The van der Waals surface area contributed by atoms with Crippen molar-refractivity contribution in [2.75, 3.05) is 0 Å². The third kappa shape index (κ3) is 1.65. The zero-order chi connectivity index (χ0) is 8.27. The Morgan fingerprint density at radius 3 is 3.09 bits per heavy atom. The molecule has 0 amide bonds. The molecule has 0 fully saturated rings.